The molecule has 0 aliphatic rings. The Bertz CT molecular complexity index is 584. The molecule has 0 spiro atoms. The number of ether oxygens (including phenoxy) is 2. The van der Waals surface area contributed by atoms with Crippen LogP contribution in [0.15, 0.2) is 46.9 Å². The molecule has 0 amide bonds. The van der Waals surface area contributed by atoms with Crippen LogP contribution in [-0.4, -0.2) is 21.3 Å². The van der Waals surface area contributed by atoms with Crippen LogP contribution in [0.4, 0.5) is 0 Å². The van der Waals surface area contributed by atoms with E-state index in [1.54, 1.807) is 14.2 Å². The average Bonchev–Trinajstić information content (AvgIpc) is 2.53. The van der Waals surface area contributed by atoms with Crippen LogP contribution < -0.4 is 14.8 Å². The normalized spacial score (nSPS) is 12.0. The predicted octanol–water partition coefficient (Wildman–Crippen LogP) is 3.97. The second-order valence-electron chi connectivity index (χ2n) is 4.77. The van der Waals surface area contributed by atoms with Crippen molar-refractivity contribution in [3.63, 3.8) is 0 Å². The summed E-state index contributed by atoms with van der Waals surface area (Å²) in [7, 11) is 5.35. The highest BCUT2D eigenvalue weighted by atomic mass is 79.9. The van der Waals surface area contributed by atoms with E-state index in [9.17, 15) is 0 Å². The Morgan fingerprint density at radius 1 is 1.05 bits per heavy atom. The summed E-state index contributed by atoms with van der Waals surface area (Å²) in [6.07, 6.45) is 0.853. The molecule has 0 aliphatic carbocycles. The molecule has 112 valence electrons. The van der Waals surface area contributed by atoms with Crippen LogP contribution in [-0.2, 0) is 6.42 Å². The van der Waals surface area contributed by atoms with Crippen LogP contribution in [0.25, 0.3) is 0 Å². The molecule has 1 N–H and O–H groups in total. The molecule has 0 bridgehead atoms. The number of benzene rings is 2. The van der Waals surface area contributed by atoms with Gasteiger partial charge in [-0.3, -0.25) is 0 Å². The van der Waals surface area contributed by atoms with E-state index in [0.29, 0.717) is 0 Å². The van der Waals surface area contributed by atoms with Crippen LogP contribution in [0, 0.1) is 0 Å². The monoisotopic (exact) mass is 349 g/mol. The van der Waals surface area contributed by atoms with E-state index in [-0.39, 0.29) is 6.04 Å². The Morgan fingerprint density at radius 3 is 2.33 bits per heavy atom. The van der Waals surface area contributed by atoms with Gasteiger partial charge in [0.15, 0.2) is 0 Å². The third-order valence-electron chi connectivity index (χ3n) is 3.53. The minimum atomic E-state index is 0.221. The lowest BCUT2D eigenvalue weighted by molar-refractivity contribution is 0.406. The summed E-state index contributed by atoms with van der Waals surface area (Å²) in [6, 6.07) is 14.4. The number of hydrogen-bond donors (Lipinski definition) is 1. The third-order valence-corrected chi connectivity index (χ3v) is 4.03. The first-order chi connectivity index (χ1) is 10.2. The molecule has 0 aliphatic heterocycles. The maximum absolute atomic E-state index is 5.45. The molecule has 0 fully saturated rings. The summed E-state index contributed by atoms with van der Waals surface area (Å²) < 4.78 is 11.7. The highest BCUT2D eigenvalue weighted by molar-refractivity contribution is 9.10. The molecule has 1 atom stereocenters. The van der Waals surface area contributed by atoms with Gasteiger partial charge in [0.1, 0.15) is 11.5 Å². The summed E-state index contributed by atoms with van der Waals surface area (Å²) in [6.45, 7) is 0. The number of methoxy groups -OCH3 is 2. The smallest absolute Gasteiger partial charge is 0.122 e. The summed E-state index contributed by atoms with van der Waals surface area (Å²) in [5.74, 6) is 1.78. The van der Waals surface area contributed by atoms with Gasteiger partial charge in [0.2, 0.25) is 0 Å². The Balaban J connectivity index is 2.23. The summed E-state index contributed by atoms with van der Waals surface area (Å²) in [4.78, 5) is 0. The van der Waals surface area contributed by atoms with Crippen molar-refractivity contribution in [3.8, 4) is 11.5 Å². The fourth-order valence-electron chi connectivity index (χ4n) is 2.35. The fourth-order valence-corrected chi connectivity index (χ4v) is 2.76. The summed E-state index contributed by atoms with van der Waals surface area (Å²) >= 11 is 3.52. The van der Waals surface area contributed by atoms with E-state index in [4.69, 9.17) is 9.47 Å². The lowest BCUT2D eigenvalue weighted by atomic mass is 9.98. The zero-order valence-electron chi connectivity index (χ0n) is 12.5. The molecule has 2 aromatic rings. The van der Waals surface area contributed by atoms with Gasteiger partial charge in [-0.1, -0.05) is 28.1 Å². The Morgan fingerprint density at radius 2 is 1.76 bits per heavy atom. The lowest BCUT2D eigenvalue weighted by Gasteiger charge is -2.19. The van der Waals surface area contributed by atoms with Gasteiger partial charge in [-0.2, -0.15) is 0 Å². The molecule has 0 aromatic heterocycles. The van der Waals surface area contributed by atoms with Crippen LogP contribution in [0.2, 0.25) is 0 Å². The molecule has 0 heterocycles. The number of nitrogens with one attached hydrogen (secondary N) is 1. The van der Waals surface area contributed by atoms with E-state index in [0.717, 1.165) is 22.4 Å². The molecular weight excluding hydrogens is 330 g/mol. The van der Waals surface area contributed by atoms with Crippen molar-refractivity contribution in [1.82, 2.24) is 5.32 Å². The Kier molecular flexibility index (Phi) is 5.65. The van der Waals surface area contributed by atoms with Crippen molar-refractivity contribution in [1.29, 1.82) is 0 Å². The lowest BCUT2D eigenvalue weighted by Crippen LogP contribution is -2.19. The fraction of sp³-hybridized carbons (Fsp3) is 0.294. The number of hydrogen-bond acceptors (Lipinski definition) is 3. The predicted molar refractivity (Wildman–Crippen MR) is 89.2 cm³/mol. The molecule has 21 heavy (non-hydrogen) atoms. The van der Waals surface area contributed by atoms with Crippen molar-refractivity contribution in [2.24, 2.45) is 0 Å². The third kappa shape index (κ3) is 3.99. The van der Waals surface area contributed by atoms with E-state index in [1.165, 1.54) is 11.1 Å². The van der Waals surface area contributed by atoms with Crippen LogP contribution in [0.1, 0.15) is 17.2 Å². The SMILES string of the molecule is CNC(Cc1cc(Br)ccc1OC)c1ccc(OC)cc1. The van der Waals surface area contributed by atoms with E-state index >= 15 is 0 Å². The van der Waals surface area contributed by atoms with Crippen molar-refractivity contribution in [2.75, 3.05) is 21.3 Å². The minimum absolute atomic E-state index is 0.221. The number of rotatable bonds is 6. The van der Waals surface area contributed by atoms with Crippen molar-refractivity contribution in [3.05, 3.63) is 58.1 Å². The number of likely N-dealkylation sites (N-methyl/N-ethyl adjacent to an activating group) is 1. The molecule has 2 rings (SSSR count). The number of halogens is 1. The van der Waals surface area contributed by atoms with Gasteiger partial charge in [-0.25, -0.2) is 0 Å². The standard InChI is InChI=1S/C17H20BrNO2/c1-19-16(12-4-7-15(20-2)8-5-12)11-13-10-14(18)6-9-17(13)21-3/h4-10,16,19H,11H2,1-3H3. The Hall–Kier alpha value is -1.52. The van der Waals surface area contributed by atoms with Gasteiger partial charge in [-0.05, 0) is 54.9 Å². The van der Waals surface area contributed by atoms with E-state index < -0.39 is 0 Å². The van der Waals surface area contributed by atoms with E-state index in [1.807, 2.05) is 31.3 Å². The van der Waals surface area contributed by atoms with Gasteiger partial charge in [0, 0.05) is 10.5 Å². The summed E-state index contributed by atoms with van der Waals surface area (Å²) in [5.41, 5.74) is 2.39. The topological polar surface area (TPSA) is 30.5 Å². The maximum atomic E-state index is 5.45. The van der Waals surface area contributed by atoms with E-state index in [2.05, 4.69) is 39.4 Å². The highest BCUT2D eigenvalue weighted by Gasteiger charge is 2.13. The second kappa shape index (κ2) is 7.48. The van der Waals surface area contributed by atoms with Gasteiger partial charge >= 0.3 is 0 Å². The molecule has 0 saturated carbocycles. The van der Waals surface area contributed by atoms with Crippen molar-refractivity contribution in [2.45, 2.75) is 12.5 Å². The zero-order chi connectivity index (χ0) is 15.2. The van der Waals surface area contributed by atoms with Crippen LogP contribution >= 0.6 is 15.9 Å². The second-order valence-corrected chi connectivity index (χ2v) is 5.69. The van der Waals surface area contributed by atoms with Gasteiger partial charge < -0.3 is 14.8 Å². The van der Waals surface area contributed by atoms with Crippen molar-refractivity contribution < 1.29 is 9.47 Å². The summed E-state index contributed by atoms with van der Waals surface area (Å²) in [5, 5.41) is 3.36. The van der Waals surface area contributed by atoms with Gasteiger partial charge in [-0.15, -0.1) is 0 Å². The van der Waals surface area contributed by atoms with Gasteiger partial charge in [0.05, 0.1) is 14.2 Å². The quantitative estimate of drug-likeness (QED) is 0.855. The van der Waals surface area contributed by atoms with Crippen LogP contribution in [0.3, 0.4) is 0 Å². The van der Waals surface area contributed by atoms with Crippen molar-refractivity contribution >= 4 is 15.9 Å². The van der Waals surface area contributed by atoms with Crippen LogP contribution in [0.5, 0.6) is 11.5 Å². The zero-order valence-corrected chi connectivity index (χ0v) is 14.1. The molecule has 2 aromatic carbocycles. The highest BCUT2D eigenvalue weighted by Crippen LogP contribution is 2.28. The first-order valence-corrected chi connectivity index (χ1v) is 7.61. The molecule has 4 heteroatoms. The molecule has 0 radical (unpaired) electrons. The molecule has 0 saturated heterocycles. The maximum Gasteiger partial charge on any atom is 0.122 e. The first kappa shape index (κ1) is 15.9. The Labute approximate surface area is 134 Å². The first-order valence-electron chi connectivity index (χ1n) is 6.81. The molecule has 1 unspecified atom stereocenters. The van der Waals surface area contributed by atoms with Gasteiger partial charge in [0.25, 0.3) is 0 Å². The molecular formula is C17H20BrNO2. The minimum Gasteiger partial charge on any atom is -0.497 e. The largest absolute Gasteiger partial charge is 0.497 e. The average molecular weight is 350 g/mol. The molecule has 3 nitrogen and oxygen atoms in total.